The van der Waals surface area contributed by atoms with Crippen LogP contribution in [0.4, 0.5) is 0 Å². The third-order valence-electron chi connectivity index (χ3n) is 4.28. The molecule has 0 fully saturated rings. The Labute approximate surface area is 157 Å². The predicted molar refractivity (Wildman–Crippen MR) is 105 cm³/mol. The van der Waals surface area contributed by atoms with Gasteiger partial charge in [-0.25, -0.2) is 0 Å². The molecule has 2 heterocycles. The van der Waals surface area contributed by atoms with Crippen LogP contribution in [0.15, 0.2) is 36.7 Å². The molecule has 3 N–H and O–H groups in total. The molecule has 0 amide bonds. The summed E-state index contributed by atoms with van der Waals surface area (Å²) in [5.74, 6) is 0.667. The summed E-state index contributed by atoms with van der Waals surface area (Å²) in [6, 6.07) is 8.18. The molecule has 0 bridgehead atoms. The van der Waals surface area contributed by atoms with Crippen LogP contribution < -0.4 is 5.73 Å². The Morgan fingerprint density at radius 3 is 2.50 bits per heavy atom. The third-order valence-corrected chi connectivity index (χ3v) is 5.53. The standard InChI is InChI=1S/C19H25N5OS/c1-13(2)8-9-24-11-16(10-21-24)14-4-6-15(7-5-14)17-22-23-18(26-17)19(3,20)12-25/h4-7,10-11,13,25H,8-9,12,20H2,1-3H3/t19-/m0/s1. The van der Waals surface area contributed by atoms with E-state index >= 15 is 0 Å². The van der Waals surface area contributed by atoms with E-state index < -0.39 is 5.54 Å². The summed E-state index contributed by atoms with van der Waals surface area (Å²) >= 11 is 1.41. The van der Waals surface area contributed by atoms with E-state index in [1.54, 1.807) is 6.92 Å². The number of aryl methyl sites for hydroxylation is 1. The summed E-state index contributed by atoms with van der Waals surface area (Å²) in [6.07, 6.45) is 5.11. The van der Waals surface area contributed by atoms with Crippen molar-refractivity contribution in [3.8, 4) is 21.7 Å². The fourth-order valence-electron chi connectivity index (χ4n) is 2.47. The Morgan fingerprint density at radius 2 is 1.85 bits per heavy atom. The maximum absolute atomic E-state index is 9.37. The van der Waals surface area contributed by atoms with Gasteiger partial charge in [0.05, 0.1) is 18.3 Å². The van der Waals surface area contributed by atoms with Crippen LogP contribution in [0, 0.1) is 5.92 Å². The van der Waals surface area contributed by atoms with Gasteiger partial charge in [0.15, 0.2) is 0 Å². The summed E-state index contributed by atoms with van der Waals surface area (Å²) in [6.45, 7) is 6.95. The van der Waals surface area contributed by atoms with Crippen molar-refractivity contribution < 1.29 is 5.11 Å². The van der Waals surface area contributed by atoms with Crippen molar-refractivity contribution >= 4 is 11.3 Å². The minimum absolute atomic E-state index is 0.165. The number of hydrogen-bond acceptors (Lipinski definition) is 6. The lowest BCUT2D eigenvalue weighted by atomic mass is 10.1. The van der Waals surface area contributed by atoms with Crippen molar-refractivity contribution in [3.63, 3.8) is 0 Å². The molecule has 7 heteroatoms. The van der Waals surface area contributed by atoms with Gasteiger partial charge in [-0.15, -0.1) is 10.2 Å². The van der Waals surface area contributed by atoms with Crippen LogP contribution >= 0.6 is 11.3 Å². The summed E-state index contributed by atoms with van der Waals surface area (Å²) < 4.78 is 2.00. The molecule has 0 saturated carbocycles. The average Bonchev–Trinajstić information content (AvgIpc) is 3.30. The highest BCUT2D eigenvalue weighted by molar-refractivity contribution is 7.14. The first kappa shape index (κ1) is 18.7. The van der Waals surface area contributed by atoms with Crippen LogP contribution in [0.3, 0.4) is 0 Å². The van der Waals surface area contributed by atoms with Crippen LogP contribution in [-0.4, -0.2) is 31.7 Å². The number of rotatable bonds is 7. The molecule has 3 rings (SSSR count). The first-order valence-corrected chi connectivity index (χ1v) is 9.57. The number of aromatic nitrogens is 4. The lowest BCUT2D eigenvalue weighted by Crippen LogP contribution is -2.36. The van der Waals surface area contributed by atoms with Gasteiger partial charge in [0.2, 0.25) is 0 Å². The van der Waals surface area contributed by atoms with Crippen LogP contribution in [0.5, 0.6) is 0 Å². The molecular formula is C19H25N5OS. The second kappa shape index (κ2) is 7.65. The smallest absolute Gasteiger partial charge is 0.147 e. The maximum atomic E-state index is 9.37. The number of hydrogen-bond donors (Lipinski definition) is 2. The molecule has 2 aromatic heterocycles. The van der Waals surface area contributed by atoms with E-state index in [-0.39, 0.29) is 6.61 Å². The molecule has 1 aromatic carbocycles. The van der Waals surface area contributed by atoms with E-state index in [0.717, 1.165) is 34.7 Å². The Hall–Kier alpha value is -2.09. The number of aliphatic hydroxyl groups excluding tert-OH is 1. The predicted octanol–water partition coefficient (Wildman–Crippen LogP) is 3.28. The molecule has 3 aromatic rings. The van der Waals surface area contributed by atoms with Crippen molar-refractivity contribution in [1.29, 1.82) is 0 Å². The quantitative estimate of drug-likeness (QED) is 0.665. The molecule has 26 heavy (non-hydrogen) atoms. The number of nitrogens with zero attached hydrogens (tertiary/aromatic N) is 4. The van der Waals surface area contributed by atoms with E-state index in [0.29, 0.717) is 10.9 Å². The lowest BCUT2D eigenvalue weighted by molar-refractivity contribution is 0.209. The Kier molecular flexibility index (Phi) is 5.50. The minimum Gasteiger partial charge on any atom is -0.394 e. The zero-order valence-corrected chi connectivity index (χ0v) is 16.2. The molecule has 6 nitrogen and oxygen atoms in total. The number of aliphatic hydroxyl groups is 1. The Bertz CT molecular complexity index is 851. The summed E-state index contributed by atoms with van der Waals surface area (Å²) in [4.78, 5) is 0. The molecule has 0 aliphatic rings. The van der Waals surface area contributed by atoms with E-state index in [9.17, 15) is 5.11 Å². The molecule has 0 spiro atoms. The minimum atomic E-state index is -0.861. The molecule has 0 aliphatic carbocycles. The van der Waals surface area contributed by atoms with E-state index in [1.165, 1.54) is 11.3 Å². The average molecular weight is 372 g/mol. The van der Waals surface area contributed by atoms with Gasteiger partial charge in [0.25, 0.3) is 0 Å². The van der Waals surface area contributed by atoms with Crippen LogP contribution in [0.25, 0.3) is 21.7 Å². The molecular weight excluding hydrogens is 346 g/mol. The number of benzene rings is 1. The highest BCUT2D eigenvalue weighted by atomic mass is 32.1. The topological polar surface area (TPSA) is 89.9 Å². The first-order chi connectivity index (χ1) is 12.4. The highest BCUT2D eigenvalue weighted by Crippen LogP contribution is 2.30. The zero-order chi connectivity index (χ0) is 18.7. The summed E-state index contributed by atoms with van der Waals surface area (Å²) in [5.41, 5.74) is 8.37. The van der Waals surface area contributed by atoms with Crippen LogP contribution in [0.2, 0.25) is 0 Å². The van der Waals surface area contributed by atoms with Gasteiger partial charge in [-0.3, -0.25) is 4.68 Å². The second-order valence-electron chi connectivity index (χ2n) is 7.24. The van der Waals surface area contributed by atoms with Gasteiger partial charge in [0, 0.05) is 23.9 Å². The fourth-order valence-corrected chi connectivity index (χ4v) is 3.37. The van der Waals surface area contributed by atoms with Crippen LogP contribution in [0.1, 0.15) is 32.2 Å². The van der Waals surface area contributed by atoms with E-state index in [4.69, 9.17) is 5.73 Å². The van der Waals surface area contributed by atoms with Gasteiger partial charge < -0.3 is 10.8 Å². The van der Waals surface area contributed by atoms with Gasteiger partial charge in [-0.05, 0) is 24.8 Å². The van der Waals surface area contributed by atoms with Gasteiger partial charge >= 0.3 is 0 Å². The van der Waals surface area contributed by atoms with Gasteiger partial charge in [-0.2, -0.15) is 5.10 Å². The highest BCUT2D eigenvalue weighted by Gasteiger charge is 2.25. The molecule has 0 aliphatic heterocycles. The second-order valence-corrected chi connectivity index (χ2v) is 8.22. The third kappa shape index (κ3) is 4.17. The van der Waals surface area contributed by atoms with Gasteiger partial charge in [0.1, 0.15) is 10.0 Å². The van der Waals surface area contributed by atoms with Crippen molar-refractivity contribution in [1.82, 2.24) is 20.0 Å². The molecule has 0 radical (unpaired) electrons. The normalized spacial score (nSPS) is 13.9. The largest absolute Gasteiger partial charge is 0.394 e. The molecule has 138 valence electrons. The van der Waals surface area contributed by atoms with Crippen molar-refractivity contribution in [2.45, 2.75) is 39.3 Å². The van der Waals surface area contributed by atoms with Crippen molar-refractivity contribution in [3.05, 3.63) is 41.7 Å². The lowest BCUT2D eigenvalue weighted by Gasteiger charge is -2.16. The van der Waals surface area contributed by atoms with Crippen molar-refractivity contribution in [2.24, 2.45) is 11.7 Å². The van der Waals surface area contributed by atoms with Crippen molar-refractivity contribution in [2.75, 3.05) is 6.61 Å². The molecule has 0 saturated heterocycles. The fraction of sp³-hybridized carbons (Fsp3) is 0.421. The molecule has 0 unspecified atom stereocenters. The summed E-state index contributed by atoms with van der Waals surface area (Å²) in [5, 5.41) is 23.6. The van der Waals surface area contributed by atoms with E-state index in [2.05, 4.69) is 47.5 Å². The van der Waals surface area contributed by atoms with Crippen LogP contribution in [-0.2, 0) is 12.1 Å². The SMILES string of the molecule is CC(C)CCn1cc(-c2ccc(-c3nnc([C@@](C)(N)CO)s3)cc2)cn1. The zero-order valence-electron chi connectivity index (χ0n) is 15.4. The Balaban J connectivity index is 1.75. The Morgan fingerprint density at radius 1 is 1.15 bits per heavy atom. The van der Waals surface area contributed by atoms with Gasteiger partial charge in [-0.1, -0.05) is 49.4 Å². The maximum Gasteiger partial charge on any atom is 0.147 e. The van der Waals surface area contributed by atoms with E-state index in [1.807, 2.05) is 23.0 Å². The molecule has 1 atom stereocenters. The first-order valence-electron chi connectivity index (χ1n) is 8.76. The number of nitrogens with two attached hydrogens (primary N) is 1. The summed E-state index contributed by atoms with van der Waals surface area (Å²) in [7, 11) is 0. The monoisotopic (exact) mass is 371 g/mol.